The van der Waals surface area contributed by atoms with E-state index in [9.17, 15) is 14.4 Å². The third kappa shape index (κ3) is 6.02. The van der Waals surface area contributed by atoms with Crippen molar-refractivity contribution in [3.05, 3.63) is 77.0 Å². The number of carbonyl (C=O) groups is 3. The number of methoxy groups -OCH3 is 2. The molecule has 0 N–H and O–H groups in total. The number of likely N-dealkylation sites (N-methyl/N-ethyl adjacent to an activating group) is 2. The van der Waals surface area contributed by atoms with Crippen molar-refractivity contribution in [2.75, 3.05) is 42.4 Å². The number of aromatic nitrogens is 1. The SMILES string of the molecule is COC(=O)c1ccc(Cn2cc(/C=C/C(=O)N(C)C)c3ccc(/C=C/C(=O)N(C)C)cc32)c(OC)c1. The summed E-state index contributed by atoms with van der Waals surface area (Å²) in [6.07, 6.45) is 8.60. The van der Waals surface area contributed by atoms with E-state index in [-0.39, 0.29) is 11.8 Å². The largest absolute Gasteiger partial charge is 0.496 e. The Morgan fingerprint density at radius 1 is 0.889 bits per heavy atom. The van der Waals surface area contributed by atoms with Crippen molar-refractivity contribution in [1.82, 2.24) is 14.4 Å². The van der Waals surface area contributed by atoms with Gasteiger partial charge in [-0.3, -0.25) is 9.59 Å². The van der Waals surface area contributed by atoms with Gasteiger partial charge in [-0.15, -0.1) is 0 Å². The molecule has 2 amide bonds. The molecule has 3 aromatic rings. The topological polar surface area (TPSA) is 81.1 Å². The van der Waals surface area contributed by atoms with Crippen LogP contribution >= 0.6 is 0 Å². The molecule has 0 radical (unpaired) electrons. The Labute approximate surface area is 211 Å². The molecule has 8 nitrogen and oxygen atoms in total. The summed E-state index contributed by atoms with van der Waals surface area (Å²) in [5.74, 6) is -0.0929. The lowest BCUT2D eigenvalue weighted by molar-refractivity contribution is -0.124. The zero-order chi connectivity index (χ0) is 26.4. The van der Waals surface area contributed by atoms with E-state index in [1.165, 1.54) is 29.1 Å². The second-order valence-corrected chi connectivity index (χ2v) is 8.64. The van der Waals surface area contributed by atoms with Crippen LogP contribution in [0.3, 0.4) is 0 Å². The first-order chi connectivity index (χ1) is 17.1. The van der Waals surface area contributed by atoms with Crippen molar-refractivity contribution in [1.29, 1.82) is 0 Å². The number of fused-ring (bicyclic) bond motifs is 1. The van der Waals surface area contributed by atoms with Crippen LogP contribution in [0.15, 0.2) is 54.7 Å². The average Bonchev–Trinajstić information content (AvgIpc) is 3.21. The Morgan fingerprint density at radius 2 is 1.56 bits per heavy atom. The van der Waals surface area contributed by atoms with E-state index in [0.717, 1.165) is 27.6 Å². The van der Waals surface area contributed by atoms with Crippen LogP contribution in [0.1, 0.15) is 27.0 Å². The van der Waals surface area contributed by atoms with E-state index in [4.69, 9.17) is 9.47 Å². The lowest BCUT2D eigenvalue weighted by Gasteiger charge is -2.12. The fourth-order valence-corrected chi connectivity index (χ4v) is 3.63. The van der Waals surface area contributed by atoms with Crippen molar-refractivity contribution < 1.29 is 23.9 Å². The first kappa shape index (κ1) is 26.3. The van der Waals surface area contributed by atoms with Crippen LogP contribution in [-0.4, -0.2) is 74.6 Å². The molecule has 0 aliphatic rings. The van der Waals surface area contributed by atoms with Gasteiger partial charge >= 0.3 is 5.97 Å². The van der Waals surface area contributed by atoms with E-state index in [1.54, 1.807) is 59.6 Å². The summed E-state index contributed by atoms with van der Waals surface area (Å²) in [7, 11) is 9.70. The third-order valence-electron chi connectivity index (χ3n) is 5.69. The molecule has 36 heavy (non-hydrogen) atoms. The van der Waals surface area contributed by atoms with Crippen LogP contribution < -0.4 is 4.74 Å². The predicted molar refractivity (Wildman–Crippen MR) is 141 cm³/mol. The highest BCUT2D eigenvalue weighted by atomic mass is 16.5. The van der Waals surface area contributed by atoms with Gasteiger partial charge in [0.2, 0.25) is 11.8 Å². The van der Waals surface area contributed by atoms with E-state index in [1.807, 2.05) is 30.5 Å². The zero-order valence-corrected chi connectivity index (χ0v) is 21.4. The second-order valence-electron chi connectivity index (χ2n) is 8.64. The Kier molecular flexibility index (Phi) is 8.32. The van der Waals surface area contributed by atoms with Gasteiger partial charge in [0.05, 0.1) is 26.3 Å². The van der Waals surface area contributed by atoms with Gasteiger partial charge < -0.3 is 23.8 Å². The zero-order valence-electron chi connectivity index (χ0n) is 21.4. The van der Waals surface area contributed by atoms with Gasteiger partial charge in [-0.25, -0.2) is 4.79 Å². The number of ether oxygens (including phenoxy) is 2. The second kappa shape index (κ2) is 11.4. The maximum absolute atomic E-state index is 12.1. The number of amides is 2. The standard InChI is InChI=1S/C28H31N3O5/c1-29(2)26(32)13-8-19-7-12-23-21(11-14-27(33)30(3)4)17-31(24(23)15-19)18-22-10-9-20(28(34)36-6)16-25(22)35-5/h7-17H,18H2,1-6H3/b13-8+,14-11+. The van der Waals surface area contributed by atoms with Crippen LogP contribution in [0, 0.1) is 0 Å². The van der Waals surface area contributed by atoms with Crippen LogP contribution in [0.5, 0.6) is 5.75 Å². The van der Waals surface area contributed by atoms with Crippen LogP contribution in [-0.2, 0) is 20.9 Å². The summed E-state index contributed by atoms with van der Waals surface area (Å²) in [5.41, 5.74) is 3.94. The van der Waals surface area contributed by atoms with Gasteiger partial charge in [0, 0.05) is 68.6 Å². The highest BCUT2D eigenvalue weighted by Gasteiger charge is 2.14. The van der Waals surface area contributed by atoms with E-state index < -0.39 is 5.97 Å². The van der Waals surface area contributed by atoms with Gasteiger partial charge in [0.25, 0.3) is 0 Å². The normalized spacial score (nSPS) is 11.3. The fourth-order valence-electron chi connectivity index (χ4n) is 3.63. The van der Waals surface area contributed by atoms with Crippen molar-refractivity contribution in [2.45, 2.75) is 6.54 Å². The molecule has 1 heterocycles. The molecule has 3 rings (SSSR count). The van der Waals surface area contributed by atoms with E-state index in [0.29, 0.717) is 17.9 Å². The maximum Gasteiger partial charge on any atom is 0.337 e. The highest BCUT2D eigenvalue weighted by molar-refractivity contribution is 5.97. The highest BCUT2D eigenvalue weighted by Crippen LogP contribution is 2.28. The molecule has 0 aliphatic heterocycles. The molecule has 0 spiro atoms. The molecule has 188 valence electrons. The fraction of sp³-hybridized carbons (Fsp3) is 0.250. The minimum Gasteiger partial charge on any atom is -0.496 e. The summed E-state index contributed by atoms with van der Waals surface area (Å²) in [5, 5.41) is 0.957. The first-order valence-electron chi connectivity index (χ1n) is 11.3. The summed E-state index contributed by atoms with van der Waals surface area (Å²) in [6.45, 7) is 0.459. The Bertz CT molecular complexity index is 1350. The lowest BCUT2D eigenvalue weighted by atomic mass is 10.1. The molecule has 0 saturated carbocycles. The first-order valence-corrected chi connectivity index (χ1v) is 11.3. The molecule has 2 aromatic carbocycles. The molecule has 0 saturated heterocycles. The minimum atomic E-state index is -0.437. The molecule has 0 atom stereocenters. The summed E-state index contributed by atoms with van der Waals surface area (Å²) in [6, 6.07) is 11.1. The summed E-state index contributed by atoms with van der Waals surface area (Å²) < 4.78 is 12.4. The Morgan fingerprint density at radius 3 is 2.17 bits per heavy atom. The quantitative estimate of drug-likeness (QED) is 0.356. The van der Waals surface area contributed by atoms with E-state index >= 15 is 0 Å². The van der Waals surface area contributed by atoms with Gasteiger partial charge in [-0.05, 0) is 35.9 Å². The van der Waals surface area contributed by atoms with Gasteiger partial charge in [0.1, 0.15) is 5.75 Å². The number of carbonyl (C=O) groups excluding carboxylic acids is 3. The number of hydrogen-bond acceptors (Lipinski definition) is 5. The van der Waals surface area contributed by atoms with Gasteiger partial charge in [0.15, 0.2) is 0 Å². The molecule has 0 bridgehead atoms. The maximum atomic E-state index is 12.1. The molecule has 0 aliphatic carbocycles. The monoisotopic (exact) mass is 489 g/mol. The molecule has 0 fully saturated rings. The third-order valence-corrected chi connectivity index (χ3v) is 5.69. The lowest BCUT2D eigenvalue weighted by Crippen LogP contribution is -2.18. The van der Waals surface area contributed by atoms with E-state index in [2.05, 4.69) is 4.57 Å². The van der Waals surface area contributed by atoms with Gasteiger partial charge in [-0.2, -0.15) is 0 Å². The number of rotatable bonds is 8. The van der Waals surface area contributed by atoms with Gasteiger partial charge in [-0.1, -0.05) is 18.2 Å². The molecular formula is C28H31N3O5. The van der Waals surface area contributed by atoms with Crippen molar-refractivity contribution in [3.8, 4) is 5.75 Å². The van der Waals surface area contributed by atoms with Crippen LogP contribution in [0.2, 0.25) is 0 Å². The Balaban J connectivity index is 2.08. The number of benzene rings is 2. The Hall–Kier alpha value is -4.33. The van der Waals surface area contributed by atoms with Crippen LogP contribution in [0.4, 0.5) is 0 Å². The van der Waals surface area contributed by atoms with Crippen molar-refractivity contribution >= 4 is 40.8 Å². The molecule has 8 heteroatoms. The summed E-state index contributed by atoms with van der Waals surface area (Å²) in [4.78, 5) is 39.1. The number of nitrogens with zero attached hydrogens (tertiary/aromatic N) is 3. The number of hydrogen-bond donors (Lipinski definition) is 0. The number of esters is 1. The predicted octanol–water partition coefficient (Wildman–Crippen LogP) is 3.69. The molecule has 1 aromatic heterocycles. The molecular weight excluding hydrogens is 458 g/mol. The van der Waals surface area contributed by atoms with Crippen molar-refractivity contribution in [3.63, 3.8) is 0 Å². The van der Waals surface area contributed by atoms with Crippen LogP contribution in [0.25, 0.3) is 23.1 Å². The average molecular weight is 490 g/mol. The smallest absolute Gasteiger partial charge is 0.337 e. The molecule has 0 unspecified atom stereocenters. The van der Waals surface area contributed by atoms with Crippen molar-refractivity contribution in [2.24, 2.45) is 0 Å². The summed E-state index contributed by atoms with van der Waals surface area (Å²) >= 11 is 0. The minimum absolute atomic E-state index is 0.105.